The van der Waals surface area contributed by atoms with Crippen molar-refractivity contribution >= 4 is 38.8 Å². The molecule has 0 amide bonds. The molecule has 1 aliphatic rings. The first-order valence-electron chi connectivity index (χ1n) is 5.20. The van der Waals surface area contributed by atoms with Gasteiger partial charge in [-0.05, 0) is 12.1 Å². The quantitative estimate of drug-likeness (QED) is 0.502. The van der Waals surface area contributed by atoms with Crippen molar-refractivity contribution in [3.63, 3.8) is 0 Å². The van der Waals surface area contributed by atoms with Gasteiger partial charge in [-0.15, -0.1) is 4.57 Å². The van der Waals surface area contributed by atoms with Gasteiger partial charge >= 0.3 is 5.88 Å². The molecule has 0 bridgehead atoms. The molecule has 0 radical (unpaired) electrons. The third-order valence-electron chi connectivity index (χ3n) is 2.84. The van der Waals surface area contributed by atoms with Crippen LogP contribution in [0.15, 0.2) is 35.3 Å². The number of halogens is 2. The molecule has 5 heteroatoms. The average molecular weight is 371 g/mol. The lowest BCUT2D eigenvalue weighted by atomic mass is 10.1. The number of hydrogen-bond acceptors (Lipinski definition) is 2. The first kappa shape index (κ1) is 13.2. The zero-order valence-electron chi connectivity index (χ0n) is 9.27. The fraction of sp³-hybridized carbons (Fsp3) is 0.0769. The lowest BCUT2D eigenvalue weighted by Crippen LogP contribution is -3.00. The number of carbonyl (C=O) groups excluding carboxylic acids is 1. The molecule has 92 valence electrons. The summed E-state index contributed by atoms with van der Waals surface area (Å²) in [5.41, 5.74) is 2.60. The molecule has 3 nitrogen and oxygen atoms in total. The van der Waals surface area contributed by atoms with E-state index in [1.807, 2.05) is 39.9 Å². The molecule has 18 heavy (non-hydrogen) atoms. The van der Waals surface area contributed by atoms with Gasteiger partial charge in [0.05, 0.1) is 4.99 Å². The van der Waals surface area contributed by atoms with Crippen molar-refractivity contribution in [2.75, 3.05) is 6.61 Å². The first-order chi connectivity index (χ1) is 8.35. The average Bonchev–Trinajstić information content (AvgIpc) is 2.82. The fourth-order valence-electron chi connectivity index (χ4n) is 2.09. The summed E-state index contributed by atoms with van der Waals surface area (Å²) in [6.45, 7) is 0.472. The van der Waals surface area contributed by atoms with Crippen LogP contribution in [0, 0.1) is 0 Å². The second-order valence-corrected chi connectivity index (χ2v) is 4.26. The maximum atomic E-state index is 11.1. The molecule has 0 aliphatic carbocycles. The summed E-state index contributed by atoms with van der Waals surface area (Å²) in [4.78, 5) is 12.9. The monoisotopic (exact) mass is 369 g/mol. The van der Waals surface area contributed by atoms with Crippen molar-refractivity contribution in [2.45, 2.75) is 0 Å². The van der Waals surface area contributed by atoms with Gasteiger partial charge in [-0.3, -0.25) is 4.79 Å². The Labute approximate surface area is 123 Å². The predicted octanol–water partition coefficient (Wildman–Crippen LogP) is -0.470. The summed E-state index contributed by atoms with van der Waals surface area (Å²) in [6, 6.07) is 9.78. The number of pyridine rings is 1. The van der Waals surface area contributed by atoms with Crippen LogP contribution in [0.4, 0.5) is 0 Å². The van der Waals surface area contributed by atoms with Crippen LogP contribution in [0.3, 0.4) is 0 Å². The number of nitrogens with zero attached hydrogens (tertiary/aromatic N) is 1. The van der Waals surface area contributed by atoms with Gasteiger partial charge in [-0.1, -0.05) is 28.1 Å². The third-order valence-corrected chi connectivity index (χ3v) is 3.36. The van der Waals surface area contributed by atoms with Crippen molar-refractivity contribution in [3.8, 4) is 5.88 Å². The Hall–Kier alpha value is -1.20. The Morgan fingerprint density at radius 3 is 2.83 bits per heavy atom. The van der Waals surface area contributed by atoms with E-state index in [1.54, 1.807) is 0 Å². The number of carbonyl (C=O) groups is 1. The second-order valence-electron chi connectivity index (χ2n) is 3.81. The van der Waals surface area contributed by atoms with E-state index in [9.17, 15) is 4.79 Å². The summed E-state index contributed by atoms with van der Waals surface area (Å²) in [7, 11) is 0. The van der Waals surface area contributed by atoms with Crippen molar-refractivity contribution in [2.24, 2.45) is 0 Å². The van der Waals surface area contributed by atoms with Gasteiger partial charge in [-0.25, -0.2) is 0 Å². The lowest BCUT2D eigenvalue weighted by Gasteiger charge is -1.99. The highest BCUT2D eigenvalue weighted by Crippen LogP contribution is 2.26. The number of para-hydroxylation sites is 1. The molecular formula is C13H9Br2NO2. The van der Waals surface area contributed by atoms with Crippen molar-refractivity contribution in [1.29, 1.82) is 0 Å². The van der Waals surface area contributed by atoms with E-state index in [0.29, 0.717) is 18.1 Å². The topological polar surface area (TPSA) is 30.2 Å². The van der Waals surface area contributed by atoms with Crippen LogP contribution in [0.2, 0.25) is 0 Å². The largest absolute Gasteiger partial charge is 1.00 e. The Balaban J connectivity index is 0.00000120. The number of benzene rings is 1. The highest BCUT2D eigenvalue weighted by molar-refractivity contribution is 9.11. The minimum absolute atomic E-state index is 0. The molecule has 1 aromatic heterocycles. The smallest absolute Gasteiger partial charge is 0.385 e. The Bertz CT molecular complexity index is 653. The molecule has 0 saturated heterocycles. The van der Waals surface area contributed by atoms with E-state index in [2.05, 4.69) is 15.9 Å². The molecule has 0 N–H and O–H groups in total. The van der Waals surface area contributed by atoms with Gasteiger partial charge in [0.1, 0.15) is 5.56 Å². The van der Waals surface area contributed by atoms with Gasteiger partial charge in [-0.2, -0.15) is 0 Å². The Morgan fingerprint density at radius 1 is 1.33 bits per heavy atom. The molecule has 2 heterocycles. The van der Waals surface area contributed by atoms with Crippen molar-refractivity contribution in [1.82, 2.24) is 0 Å². The molecule has 1 aliphatic heterocycles. The number of ether oxygens (including phenoxy) is 1. The first-order valence-corrected chi connectivity index (χ1v) is 6.12. The zero-order valence-corrected chi connectivity index (χ0v) is 12.4. The standard InChI is InChI=1S/C13H9BrNO2.BrH/c14-6-11-8-17-13-10(7-16)5-9-3-1-2-4-12(9)15(11)13;/h1-7H,8H2;1H/q+1;/p-1. The van der Waals surface area contributed by atoms with Crippen LogP contribution in [-0.2, 0) is 0 Å². The summed E-state index contributed by atoms with van der Waals surface area (Å²) >= 11 is 3.33. The normalized spacial score (nSPS) is 15.1. The SMILES string of the molecule is O=Cc1cc2ccccc2[n+]2c1OCC2=CBr.[Br-]. The number of aldehydes is 1. The van der Waals surface area contributed by atoms with E-state index < -0.39 is 0 Å². The fourth-order valence-corrected chi connectivity index (χ4v) is 2.42. The van der Waals surface area contributed by atoms with Gasteiger partial charge in [0.2, 0.25) is 11.2 Å². The summed E-state index contributed by atoms with van der Waals surface area (Å²) in [5.74, 6) is 0.615. The molecule has 0 spiro atoms. The van der Waals surface area contributed by atoms with E-state index in [1.165, 1.54) is 0 Å². The molecule has 0 saturated carbocycles. The van der Waals surface area contributed by atoms with Crippen LogP contribution in [0.5, 0.6) is 5.88 Å². The van der Waals surface area contributed by atoms with Gasteiger partial charge in [0, 0.05) is 11.5 Å². The number of fused-ring (bicyclic) bond motifs is 3. The molecular weight excluding hydrogens is 362 g/mol. The van der Waals surface area contributed by atoms with Crippen LogP contribution in [0.25, 0.3) is 16.6 Å². The van der Waals surface area contributed by atoms with E-state index in [-0.39, 0.29) is 17.0 Å². The second kappa shape index (κ2) is 5.20. The molecule has 3 rings (SSSR count). The van der Waals surface area contributed by atoms with Gasteiger partial charge < -0.3 is 21.7 Å². The number of aromatic nitrogens is 1. The van der Waals surface area contributed by atoms with Crippen molar-refractivity contribution < 1.29 is 31.1 Å². The number of rotatable bonds is 1. The highest BCUT2D eigenvalue weighted by atomic mass is 79.9. The van der Waals surface area contributed by atoms with Crippen molar-refractivity contribution in [3.05, 3.63) is 40.9 Å². The van der Waals surface area contributed by atoms with Crippen LogP contribution in [-0.4, -0.2) is 12.9 Å². The maximum Gasteiger partial charge on any atom is 0.385 e. The van der Waals surface area contributed by atoms with Crippen LogP contribution >= 0.6 is 15.9 Å². The lowest BCUT2D eigenvalue weighted by molar-refractivity contribution is -0.544. The minimum Gasteiger partial charge on any atom is -1.00 e. The molecule has 0 unspecified atom stereocenters. The molecule has 1 aromatic carbocycles. The van der Waals surface area contributed by atoms with Gasteiger partial charge in [0.25, 0.3) is 0 Å². The van der Waals surface area contributed by atoms with Gasteiger partial charge in [0.15, 0.2) is 12.9 Å². The molecule has 2 aromatic rings. The van der Waals surface area contributed by atoms with E-state index in [0.717, 1.165) is 22.9 Å². The third kappa shape index (κ3) is 1.87. The summed E-state index contributed by atoms with van der Waals surface area (Å²) in [6.07, 6.45) is 0.829. The highest BCUT2D eigenvalue weighted by Gasteiger charge is 2.32. The van der Waals surface area contributed by atoms with E-state index >= 15 is 0 Å². The number of hydrogen-bond donors (Lipinski definition) is 0. The van der Waals surface area contributed by atoms with E-state index in [4.69, 9.17) is 4.74 Å². The zero-order chi connectivity index (χ0) is 11.8. The Kier molecular flexibility index (Phi) is 3.82. The predicted molar refractivity (Wildman–Crippen MR) is 68.2 cm³/mol. The molecule has 0 atom stereocenters. The Morgan fingerprint density at radius 2 is 2.11 bits per heavy atom. The summed E-state index contributed by atoms with van der Waals surface area (Å²) in [5, 5.41) is 1.02. The minimum atomic E-state index is 0. The molecule has 0 fully saturated rings. The maximum absolute atomic E-state index is 11.1. The van der Waals surface area contributed by atoms with Crippen LogP contribution < -0.4 is 26.3 Å². The van der Waals surface area contributed by atoms with Crippen LogP contribution in [0.1, 0.15) is 10.4 Å². The summed E-state index contributed by atoms with van der Waals surface area (Å²) < 4.78 is 7.53.